The summed E-state index contributed by atoms with van der Waals surface area (Å²) in [6, 6.07) is 11.8. The van der Waals surface area contributed by atoms with Crippen molar-refractivity contribution in [2.45, 2.75) is 19.3 Å². The summed E-state index contributed by atoms with van der Waals surface area (Å²) in [5.74, 6) is 1.18. The van der Waals surface area contributed by atoms with Gasteiger partial charge in [-0.3, -0.25) is 14.5 Å². The fraction of sp³-hybridized carbons (Fsp3) is 0.308. The number of methoxy groups -OCH3 is 3. The topological polar surface area (TPSA) is 91.6 Å². The van der Waals surface area contributed by atoms with Crippen molar-refractivity contribution in [1.82, 2.24) is 19.7 Å². The molecule has 4 aromatic rings. The lowest BCUT2D eigenvalue weighted by atomic mass is 10.1. The number of aryl methyl sites for hydroxylation is 1. The molecular weight excluding hydrogens is 446 g/mol. The van der Waals surface area contributed by atoms with E-state index >= 15 is 0 Å². The van der Waals surface area contributed by atoms with E-state index in [1.807, 2.05) is 49.6 Å². The Morgan fingerprint density at radius 1 is 0.943 bits per heavy atom. The van der Waals surface area contributed by atoms with Crippen molar-refractivity contribution in [3.05, 3.63) is 55.0 Å². The van der Waals surface area contributed by atoms with Crippen molar-refractivity contribution < 1.29 is 19.0 Å². The van der Waals surface area contributed by atoms with Crippen molar-refractivity contribution in [2.75, 3.05) is 32.8 Å². The summed E-state index contributed by atoms with van der Waals surface area (Å²) in [4.78, 5) is 23.2. The van der Waals surface area contributed by atoms with Gasteiger partial charge in [-0.25, -0.2) is 4.98 Å². The summed E-state index contributed by atoms with van der Waals surface area (Å²) in [5, 5.41) is 4.24. The number of ether oxygens (including phenoxy) is 3. The molecule has 0 unspecified atom stereocenters. The van der Waals surface area contributed by atoms with E-state index in [4.69, 9.17) is 19.2 Å². The highest BCUT2D eigenvalue weighted by Gasteiger charge is 2.15. The monoisotopic (exact) mass is 475 g/mol. The van der Waals surface area contributed by atoms with Gasteiger partial charge < -0.3 is 19.1 Å². The zero-order chi connectivity index (χ0) is 24.8. The molecule has 4 rings (SSSR count). The number of unbranched alkanes of at least 4 members (excludes halogenated alkanes) is 1. The van der Waals surface area contributed by atoms with Crippen LogP contribution in [0.15, 0.2) is 55.0 Å². The fourth-order valence-electron chi connectivity index (χ4n) is 3.86. The van der Waals surface area contributed by atoms with Crippen molar-refractivity contribution in [1.29, 1.82) is 0 Å². The first-order valence-corrected chi connectivity index (χ1v) is 11.3. The number of carbonyl (C=O) groups excluding carboxylic acids is 1. The molecule has 0 saturated heterocycles. The van der Waals surface area contributed by atoms with Crippen LogP contribution >= 0.6 is 0 Å². The maximum absolute atomic E-state index is 11.6. The van der Waals surface area contributed by atoms with E-state index in [0.29, 0.717) is 30.9 Å². The first-order valence-electron chi connectivity index (χ1n) is 11.3. The summed E-state index contributed by atoms with van der Waals surface area (Å²) in [6.45, 7) is 0.675. The van der Waals surface area contributed by atoms with Gasteiger partial charge in [-0.2, -0.15) is 5.10 Å². The molecule has 0 atom stereocenters. The second kappa shape index (κ2) is 10.9. The molecule has 0 fully saturated rings. The number of carbonyl (C=O) groups is 1. The van der Waals surface area contributed by atoms with E-state index in [1.165, 1.54) is 7.11 Å². The third-order valence-electron chi connectivity index (χ3n) is 5.73. The van der Waals surface area contributed by atoms with Crippen LogP contribution in [-0.2, 0) is 16.6 Å². The van der Waals surface area contributed by atoms with E-state index in [9.17, 15) is 4.79 Å². The zero-order valence-electron chi connectivity index (χ0n) is 20.4. The number of esters is 1. The molecule has 0 radical (unpaired) electrons. The van der Waals surface area contributed by atoms with Crippen LogP contribution in [0, 0.1) is 0 Å². The average Bonchev–Trinajstić information content (AvgIpc) is 3.33. The van der Waals surface area contributed by atoms with Gasteiger partial charge in [0.15, 0.2) is 0 Å². The number of hydrogen-bond donors (Lipinski definition) is 0. The first kappa shape index (κ1) is 24.0. The van der Waals surface area contributed by atoms with E-state index in [0.717, 1.165) is 40.1 Å². The lowest BCUT2D eigenvalue weighted by Gasteiger charge is -2.26. The number of hydrogen-bond acceptors (Lipinski definition) is 8. The zero-order valence-corrected chi connectivity index (χ0v) is 20.4. The summed E-state index contributed by atoms with van der Waals surface area (Å²) in [5.41, 5.74) is 5.10. The van der Waals surface area contributed by atoms with E-state index in [2.05, 4.69) is 15.0 Å². The predicted molar refractivity (Wildman–Crippen MR) is 134 cm³/mol. The number of anilines is 2. The Balaban J connectivity index is 1.71. The van der Waals surface area contributed by atoms with Crippen LogP contribution in [0.2, 0.25) is 0 Å². The van der Waals surface area contributed by atoms with Crippen LogP contribution in [0.25, 0.3) is 22.3 Å². The van der Waals surface area contributed by atoms with Crippen molar-refractivity contribution in [2.24, 2.45) is 7.05 Å². The highest BCUT2D eigenvalue weighted by molar-refractivity contribution is 5.82. The van der Waals surface area contributed by atoms with Gasteiger partial charge in [0, 0.05) is 61.3 Å². The van der Waals surface area contributed by atoms with Gasteiger partial charge >= 0.3 is 5.97 Å². The molecule has 9 nitrogen and oxygen atoms in total. The van der Waals surface area contributed by atoms with E-state index in [-0.39, 0.29) is 5.97 Å². The molecule has 0 bridgehead atoms. The Morgan fingerprint density at radius 3 is 2.37 bits per heavy atom. The third kappa shape index (κ3) is 5.68. The summed E-state index contributed by atoms with van der Waals surface area (Å²) >= 11 is 0. The maximum atomic E-state index is 11.6. The first-order chi connectivity index (χ1) is 17.0. The maximum Gasteiger partial charge on any atom is 0.305 e. The van der Waals surface area contributed by atoms with Gasteiger partial charge in [-0.1, -0.05) is 0 Å². The second-order valence-electron chi connectivity index (χ2n) is 8.09. The third-order valence-corrected chi connectivity index (χ3v) is 5.73. The van der Waals surface area contributed by atoms with Crippen LogP contribution < -0.4 is 14.4 Å². The van der Waals surface area contributed by atoms with E-state index < -0.39 is 0 Å². The number of nitrogens with zero attached hydrogens (tertiary/aromatic N) is 5. The smallest absolute Gasteiger partial charge is 0.305 e. The lowest BCUT2D eigenvalue weighted by Crippen LogP contribution is -2.19. The highest BCUT2D eigenvalue weighted by atomic mass is 16.5. The number of rotatable bonds is 10. The molecule has 0 spiro atoms. The van der Waals surface area contributed by atoms with Gasteiger partial charge in [0.2, 0.25) is 0 Å². The van der Waals surface area contributed by atoms with Gasteiger partial charge in [0.25, 0.3) is 0 Å². The van der Waals surface area contributed by atoms with Crippen LogP contribution in [-0.4, -0.2) is 53.6 Å². The van der Waals surface area contributed by atoms with Gasteiger partial charge in [-0.05, 0) is 31.0 Å². The quantitative estimate of drug-likeness (QED) is 0.244. The Bertz CT molecular complexity index is 1300. The molecule has 0 saturated carbocycles. The van der Waals surface area contributed by atoms with Gasteiger partial charge in [0.1, 0.15) is 11.5 Å². The minimum atomic E-state index is -0.205. The van der Waals surface area contributed by atoms with Gasteiger partial charge in [-0.15, -0.1) is 0 Å². The summed E-state index contributed by atoms with van der Waals surface area (Å²) < 4.78 is 17.5. The van der Waals surface area contributed by atoms with Crippen LogP contribution in [0.3, 0.4) is 0 Å². The fourth-order valence-corrected chi connectivity index (χ4v) is 3.86. The molecule has 2 heterocycles. The lowest BCUT2D eigenvalue weighted by molar-refractivity contribution is -0.140. The molecule has 0 amide bonds. The summed E-state index contributed by atoms with van der Waals surface area (Å²) in [7, 11) is 6.54. The minimum Gasteiger partial charge on any atom is -0.497 e. The summed E-state index contributed by atoms with van der Waals surface area (Å²) in [6.07, 6.45) is 7.32. The molecule has 0 aliphatic carbocycles. The second-order valence-corrected chi connectivity index (χ2v) is 8.09. The largest absolute Gasteiger partial charge is 0.497 e. The van der Waals surface area contributed by atoms with Crippen molar-refractivity contribution in [3.63, 3.8) is 0 Å². The van der Waals surface area contributed by atoms with Crippen LogP contribution in [0.5, 0.6) is 11.5 Å². The van der Waals surface area contributed by atoms with Gasteiger partial charge in [0.05, 0.1) is 50.5 Å². The Labute approximate surface area is 204 Å². The van der Waals surface area contributed by atoms with Crippen molar-refractivity contribution in [3.8, 4) is 22.8 Å². The molecule has 9 heteroatoms. The molecule has 2 aromatic carbocycles. The molecule has 2 aromatic heterocycles. The number of aromatic nitrogens is 4. The Hall–Kier alpha value is -4.14. The highest BCUT2D eigenvalue weighted by Crippen LogP contribution is 2.34. The molecular formula is C26H29N5O4. The van der Waals surface area contributed by atoms with Crippen LogP contribution in [0.4, 0.5) is 11.4 Å². The van der Waals surface area contributed by atoms with E-state index in [1.54, 1.807) is 31.3 Å². The number of fused-ring (bicyclic) bond motifs is 1. The number of benzene rings is 2. The Kier molecular flexibility index (Phi) is 7.45. The molecule has 0 aliphatic rings. The SMILES string of the molecule is COC(=O)CCCCN(c1cc(OC)cc(OC)c1)c1ccc2ncc(-c3cnn(C)c3)nc2c1. The average molecular weight is 476 g/mol. The van der Waals surface area contributed by atoms with Crippen LogP contribution in [0.1, 0.15) is 19.3 Å². The standard InChI is InChI=1S/C26H29N5O4/c1-30-17-18(15-28-30)25-16-27-23-9-8-19(13-24(23)29-25)31(10-6-5-7-26(32)35-4)20-11-21(33-2)14-22(12-20)34-3/h8-9,11-17H,5-7,10H2,1-4H3. The molecule has 182 valence electrons. The molecule has 35 heavy (non-hydrogen) atoms. The predicted octanol–water partition coefficient (Wildman–Crippen LogP) is 4.53. The Morgan fingerprint density at radius 2 is 1.71 bits per heavy atom. The molecule has 0 aliphatic heterocycles. The van der Waals surface area contributed by atoms with Crippen molar-refractivity contribution >= 4 is 28.4 Å². The normalized spacial score (nSPS) is 10.9. The minimum absolute atomic E-state index is 0.205. The molecule has 0 N–H and O–H groups in total.